The summed E-state index contributed by atoms with van der Waals surface area (Å²) in [5.74, 6) is 0.673. The maximum absolute atomic E-state index is 6.03. The van der Waals surface area contributed by atoms with Gasteiger partial charge in [0.15, 0.2) is 0 Å². The lowest BCUT2D eigenvalue weighted by molar-refractivity contribution is 0.0656. The summed E-state index contributed by atoms with van der Waals surface area (Å²) in [6, 6.07) is 7.22. The molecule has 1 N–H and O–H groups in total. The first-order valence-electron chi connectivity index (χ1n) is 7.00. The van der Waals surface area contributed by atoms with E-state index in [0.717, 1.165) is 19.6 Å². The summed E-state index contributed by atoms with van der Waals surface area (Å²) < 4.78 is 6.03. The molecule has 0 aromatic heterocycles. The van der Waals surface area contributed by atoms with E-state index in [9.17, 15) is 0 Å². The van der Waals surface area contributed by atoms with E-state index in [-0.39, 0.29) is 6.10 Å². The molecule has 2 unspecified atom stereocenters. The van der Waals surface area contributed by atoms with E-state index in [1.54, 1.807) is 0 Å². The number of hydrogen-bond acceptors (Lipinski definition) is 2. The first-order valence-corrected chi connectivity index (χ1v) is 7.00. The molecule has 2 atom stereocenters. The van der Waals surface area contributed by atoms with E-state index in [1.807, 2.05) is 0 Å². The van der Waals surface area contributed by atoms with Crippen molar-refractivity contribution in [2.45, 2.75) is 46.3 Å². The second kappa shape index (κ2) is 5.85. The van der Waals surface area contributed by atoms with Crippen LogP contribution in [0.25, 0.3) is 0 Å². The van der Waals surface area contributed by atoms with Crippen molar-refractivity contribution in [1.29, 1.82) is 0 Å². The molecule has 2 rings (SSSR count). The van der Waals surface area contributed by atoms with Crippen molar-refractivity contribution in [2.24, 2.45) is 5.92 Å². The first-order chi connectivity index (χ1) is 8.58. The molecule has 1 saturated heterocycles. The number of aryl methyl sites for hydroxylation is 2. The van der Waals surface area contributed by atoms with Crippen molar-refractivity contribution in [1.82, 2.24) is 5.32 Å². The van der Waals surface area contributed by atoms with Gasteiger partial charge in [0.05, 0.1) is 6.10 Å². The summed E-state index contributed by atoms with van der Waals surface area (Å²) in [6.45, 7) is 10.6. The van der Waals surface area contributed by atoms with Crippen molar-refractivity contribution in [3.8, 4) is 0 Å². The topological polar surface area (TPSA) is 21.3 Å². The molecule has 1 aromatic carbocycles. The van der Waals surface area contributed by atoms with Gasteiger partial charge < -0.3 is 10.1 Å². The van der Waals surface area contributed by atoms with E-state index >= 15 is 0 Å². The van der Waals surface area contributed by atoms with Crippen LogP contribution in [0.4, 0.5) is 0 Å². The lowest BCUT2D eigenvalue weighted by Gasteiger charge is -2.20. The van der Waals surface area contributed by atoms with Crippen LogP contribution in [0, 0.1) is 19.8 Å². The lowest BCUT2D eigenvalue weighted by Crippen LogP contribution is -2.34. The zero-order chi connectivity index (χ0) is 13.1. The summed E-state index contributed by atoms with van der Waals surface area (Å²) >= 11 is 0. The molecule has 1 heterocycles. The molecule has 1 fully saturated rings. The second-order valence-electron chi connectivity index (χ2n) is 5.77. The normalized spacial score (nSPS) is 25.2. The van der Waals surface area contributed by atoms with E-state index in [2.05, 4.69) is 51.2 Å². The summed E-state index contributed by atoms with van der Waals surface area (Å²) in [5.41, 5.74) is 3.99. The van der Waals surface area contributed by atoms with Gasteiger partial charge in [0, 0.05) is 19.2 Å². The fraction of sp³-hybridized carbons (Fsp3) is 0.625. The predicted molar refractivity (Wildman–Crippen MR) is 75.9 cm³/mol. The maximum Gasteiger partial charge on any atom is 0.0951 e. The highest BCUT2D eigenvalue weighted by Crippen LogP contribution is 2.24. The largest absolute Gasteiger partial charge is 0.372 e. The number of rotatable bonds is 2. The summed E-state index contributed by atoms with van der Waals surface area (Å²) in [6.07, 6.45) is 1.31. The van der Waals surface area contributed by atoms with Gasteiger partial charge in [-0.2, -0.15) is 0 Å². The first kappa shape index (κ1) is 13.6. The minimum Gasteiger partial charge on any atom is -0.372 e. The number of benzene rings is 1. The van der Waals surface area contributed by atoms with E-state index in [4.69, 9.17) is 4.74 Å². The van der Waals surface area contributed by atoms with Crippen molar-refractivity contribution < 1.29 is 4.74 Å². The summed E-state index contributed by atoms with van der Waals surface area (Å²) in [4.78, 5) is 0. The molecule has 100 valence electrons. The van der Waals surface area contributed by atoms with Gasteiger partial charge in [-0.25, -0.2) is 0 Å². The Hall–Kier alpha value is -0.860. The van der Waals surface area contributed by atoms with Gasteiger partial charge in [-0.1, -0.05) is 37.6 Å². The van der Waals surface area contributed by atoms with E-state index in [1.165, 1.54) is 16.7 Å². The Bertz CT molecular complexity index is 400. The highest BCUT2D eigenvalue weighted by Gasteiger charge is 2.22. The molecule has 0 bridgehead atoms. The van der Waals surface area contributed by atoms with Crippen LogP contribution in [0.5, 0.6) is 0 Å². The molecule has 0 saturated carbocycles. The van der Waals surface area contributed by atoms with Crippen LogP contribution in [-0.4, -0.2) is 19.2 Å². The third-order valence-electron chi connectivity index (χ3n) is 3.89. The fourth-order valence-electron chi connectivity index (χ4n) is 2.71. The Morgan fingerprint density at radius 1 is 1.28 bits per heavy atom. The number of nitrogens with one attached hydrogen (secondary N) is 1. The molecule has 1 aromatic rings. The maximum atomic E-state index is 6.03. The zero-order valence-corrected chi connectivity index (χ0v) is 12.0. The number of hydrogen-bond donors (Lipinski definition) is 1. The van der Waals surface area contributed by atoms with Crippen molar-refractivity contribution >= 4 is 0 Å². The van der Waals surface area contributed by atoms with Gasteiger partial charge >= 0.3 is 0 Å². The van der Waals surface area contributed by atoms with Gasteiger partial charge in [-0.05, 0) is 37.3 Å². The molecule has 1 aliphatic rings. The molecule has 0 radical (unpaired) electrons. The van der Waals surface area contributed by atoms with Gasteiger partial charge in [0.25, 0.3) is 0 Å². The van der Waals surface area contributed by atoms with Gasteiger partial charge in [-0.15, -0.1) is 0 Å². The quantitative estimate of drug-likeness (QED) is 0.865. The smallest absolute Gasteiger partial charge is 0.0951 e. The summed E-state index contributed by atoms with van der Waals surface area (Å²) in [5, 5.41) is 3.65. The molecule has 0 amide bonds. The molecule has 0 spiro atoms. The zero-order valence-electron chi connectivity index (χ0n) is 12.0. The average Bonchev–Trinajstić information content (AvgIpc) is 2.54. The van der Waals surface area contributed by atoms with Gasteiger partial charge in [0.1, 0.15) is 0 Å². The van der Waals surface area contributed by atoms with Crippen LogP contribution >= 0.6 is 0 Å². The molecule has 18 heavy (non-hydrogen) atoms. The van der Waals surface area contributed by atoms with Crippen LogP contribution in [0.3, 0.4) is 0 Å². The third kappa shape index (κ3) is 3.12. The monoisotopic (exact) mass is 247 g/mol. The van der Waals surface area contributed by atoms with Crippen LogP contribution in [0.2, 0.25) is 0 Å². The standard InChI is InChI=1S/C16H25NO/c1-11(2)15-7-8-18-16(10-17-15)14-6-5-12(3)9-13(14)4/h5-6,9,11,15-17H,7-8,10H2,1-4H3. The number of ether oxygens (including phenoxy) is 1. The lowest BCUT2D eigenvalue weighted by atomic mass is 10.00. The van der Waals surface area contributed by atoms with Crippen LogP contribution in [0.1, 0.15) is 43.1 Å². The van der Waals surface area contributed by atoms with Gasteiger partial charge in [-0.3, -0.25) is 0 Å². The minimum absolute atomic E-state index is 0.203. The van der Waals surface area contributed by atoms with Crippen molar-refractivity contribution in [2.75, 3.05) is 13.2 Å². The van der Waals surface area contributed by atoms with Crippen molar-refractivity contribution in [3.05, 3.63) is 34.9 Å². The molecule has 1 aliphatic heterocycles. The molecular formula is C16H25NO. The van der Waals surface area contributed by atoms with E-state index < -0.39 is 0 Å². The average molecular weight is 247 g/mol. The van der Waals surface area contributed by atoms with Gasteiger partial charge in [0.2, 0.25) is 0 Å². The molecule has 2 heteroatoms. The molecular weight excluding hydrogens is 222 g/mol. The Morgan fingerprint density at radius 2 is 2.06 bits per heavy atom. The predicted octanol–water partition coefficient (Wildman–Crippen LogP) is 3.38. The Balaban J connectivity index is 2.10. The van der Waals surface area contributed by atoms with Crippen LogP contribution in [-0.2, 0) is 4.74 Å². The highest BCUT2D eigenvalue weighted by atomic mass is 16.5. The Kier molecular flexibility index (Phi) is 4.41. The highest BCUT2D eigenvalue weighted by molar-refractivity contribution is 5.32. The van der Waals surface area contributed by atoms with Crippen LogP contribution in [0.15, 0.2) is 18.2 Å². The summed E-state index contributed by atoms with van der Waals surface area (Å²) in [7, 11) is 0. The molecule has 0 aliphatic carbocycles. The van der Waals surface area contributed by atoms with Crippen molar-refractivity contribution in [3.63, 3.8) is 0 Å². The second-order valence-corrected chi connectivity index (χ2v) is 5.77. The molecule has 2 nitrogen and oxygen atoms in total. The Morgan fingerprint density at radius 3 is 2.72 bits per heavy atom. The Labute approximate surface area is 111 Å². The fourth-order valence-corrected chi connectivity index (χ4v) is 2.71. The minimum atomic E-state index is 0.203. The van der Waals surface area contributed by atoms with Crippen LogP contribution < -0.4 is 5.32 Å². The van der Waals surface area contributed by atoms with E-state index in [0.29, 0.717) is 12.0 Å². The SMILES string of the molecule is Cc1ccc(C2CNC(C(C)C)CCO2)c(C)c1. The third-order valence-corrected chi connectivity index (χ3v) is 3.89.